The molecule has 1 radical (unpaired) electrons. The van der Waals surface area contributed by atoms with Crippen LogP contribution in [0.3, 0.4) is 0 Å². The van der Waals surface area contributed by atoms with Crippen LogP contribution in [0, 0.1) is 13.8 Å². The van der Waals surface area contributed by atoms with Crippen molar-refractivity contribution in [3.8, 4) is 5.75 Å². The van der Waals surface area contributed by atoms with Crippen LogP contribution in [-0.4, -0.2) is 6.47 Å². The van der Waals surface area contributed by atoms with Crippen molar-refractivity contribution in [2.45, 2.75) is 13.8 Å². The minimum Gasteiger partial charge on any atom is -0.418 e. The van der Waals surface area contributed by atoms with Crippen molar-refractivity contribution in [2.75, 3.05) is 0 Å². The van der Waals surface area contributed by atoms with Crippen LogP contribution in [0.4, 0.5) is 0 Å². The monoisotopic (exact) mass is 149 g/mol. The van der Waals surface area contributed by atoms with E-state index in [1.165, 1.54) is 6.47 Å². The minimum absolute atomic E-state index is 0.575. The van der Waals surface area contributed by atoms with Crippen LogP contribution >= 0.6 is 0 Å². The zero-order valence-corrected chi connectivity index (χ0v) is 6.55. The maximum absolute atomic E-state index is 9.86. The fourth-order valence-electron chi connectivity index (χ4n) is 0.959. The number of rotatable bonds is 2. The van der Waals surface area contributed by atoms with Gasteiger partial charge >= 0.3 is 6.47 Å². The highest BCUT2D eigenvalue weighted by atomic mass is 16.5. The van der Waals surface area contributed by atoms with Crippen LogP contribution in [0.25, 0.3) is 0 Å². The first-order valence-corrected chi connectivity index (χ1v) is 3.35. The van der Waals surface area contributed by atoms with Crippen molar-refractivity contribution in [2.24, 2.45) is 0 Å². The summed E-state index contributed by atoms with van der Waals surface area (Å²) in [5.74, 6) is 0.575. The largest absolute Gasteiger partial charge is 0.423 e. The van der Waals surface area contributed by atoms with Gasteiger partial charge in [-0.3, -0.25) is 0 Å². The van der Waals surface area contributed by atoms with Crippen molar-refractivity contribution in [1.82, 2.24) is 0 Å². The summed E-state index contributed by atoms with van der Waals surface area (Å²) >= 11 is 0. The quantitative estimate of drug-likeness (QED) is 0.640. The summed E-state index contributed by atoms with van der Waals surface area (Å²) in [6.07, 6.45) is 0. The molecule has 57 valence electrons. The highest BCUT2D eigenvalue weighted by Crippen LogP contribution is 2.17. The zero-order chi connectivity index (χ0) is 8.27. The number of hydrogen-bond donors (Lipinski definition) is 0. The van der Waals surface area contributed by atoms with Gasteiger partial charge in [-0.1, -0.05) is 17.7 Å². The highest BCUT2D eigenvalue weighted by Gasteiger charge is 1.97. The van der Waals surface area contributed by atoms with Gasteiger partial charge in [0.25, 0.3) is 0 Å². The Morgan fingerprint density at radius 2 is 2.09 bits per heavy atom. The number of aryl methyl sites for hydroxylation is 2. The van der Waals surface area contributed by atoms with Crippen molar-refractivity contribution in [1.29, 1.82) is 0 Å². The lowest BCUT2D eigenvalue weighted by atomic mass is 10.1. The van der Waals surface area contributed by atoms with Gasteiger partial charge in [-0.15, -0.1) is 0 Å². The maximum Gasteiger partial charge on any atom is 0.423 e. The molecule has 0 spiro atoms. The first kappa shape index (κ1) is 7.79. The molecule has 0 atom stereocenters. The lowest BCUT2D eigenvalue weighted by Crippen LogP contribution is -1.91. The van der Waals surface area contributed by atoms with Crippen molar-refractivity contribution >= 4 is 6.47 Å². The molecule has 1 aromatic rings. The molecule has 0 aliphatic heterocycles. The Morgan fingerprint density at radius 1 is 1.36 bits per heavy atom. The van der Waals surface area contributed by atoms with Crippen LogP contribution in [0.5, 0.6) is 5.75 Å². The molecule has 0 N–H and O–H groups in total. The number of hydrogen-bond acceptors (Lipinski definition) is 2. The third-order valence-electron chi connectivity index (χ3n) is 1.48. The van der Waals surface area contributed by atoms with Crippen LogP contribution in [-0.2, 0) is 4.79 Å². The van der Waals surface area contributed by atoms with E-state index < -0.39 is 0 Å². The molecule has 11 heavy (non-hydrogen) atoms. The summed E-state index contributed by atoms with van der Waals surface area (Å²) in [6.45, 7) is 5.27. The molecule has 1 aromatic carbocycles. The van der Waals surface area contributed by atoms with Crippen LogP contribution in [0.15, 0.2) is 18.2 Å². The summed E-state index contributed by atoms with van der Waals surface area (Å²) < 4.78 is 4.59. The fourth-order valence-corrected chi connectivity index (χ4v) is 0.959. The third-order valence-corrected chi connectivity index (χ3v) is 1.48. The predicted molar refractivity (Wildman–Crippen MR) is 42.2 cm³/mol. The van der Waals surface area contributed by atoms with Gasteiger partial charge in [0.05, 0.1) is 0 Å². The molecule has 0 aliphatic rings. The molecule has 2 nitrogen and oxygen atoms in total. The molecule has 0 fully saturated rings. The first-order valence-electron chi connectivity index (χ1n) is 3.35. The van der Waals surface area contributed by atoms with Gasteiger partial charge in [-0.2, -0.15) is 0 Å². The lowest BCUT2D eigenvalue weighted by Gasteiger charge is -2.01. The predicted octanol–water partition coefficient (Wildman–Crippen LogP) is 1.75. The van der Waals surface area contributed by atoms with Crippen LogP contribution < -0.4 is 4.74 Å². The topological polar surface area (TPSA) is 26.3 Å². The second kappa shape index (κ2) is 3.19. The molecule has 0 aliphatic carbocycles. The summed E-state index contributed by atoms with van der Waals surface area (Å²) in [7, 11) is 0. The Labute approximate surface area is 65.8 Å². The second-order valence-electron chi connectivity index (χ2n) is 2.45. The smallest absolute Gasteiger partial charge is 0.418 e. The molecule has 0 saturated carbocycles. The minimum atomic E-state index is 0.575. The van der Waals surface area contributed by atoms with Gasteiger partial charge in [0.15, 0.2) is 0 Å². The van der Waals surface area contributed by atoms with E-state index in [2.05, 4.69) is 4.74 Å². The lowest BCUT2D eigenvalue weighted by molar-refractivity contribution is 0.441. The molecule has 0 bridgehead atoms. The average Bonchev–Trinajstić information content (AvgIpc) is 1.95. The summed E-state index contributed by atoms with van der Waals surface area (Å²) in [5, 5.41) is 0. The third kappa shape index (κ3) is 1.80. The Kier molecular flexibility index (Phi) is 2.26. The van der Waals surface area contributed by atoms with E-state index in [-0.39, 0.29) is 0 Å². The molecule has 0 amide bonds. The van der Waals surface area contributed by atoms with E-state index in [9.17, 15) is 4.79 Å². The Morgan fingerprint density at radius 3 is 2.64 bits per heavy atom. The summed E-state index contributed by atoms with van der Waals surface area (Å²) in [4.78, 5) is 9.86. The number of ether oxygens (including phenoxy) is 1. The Bertz CT molecular complexity index is 266. The van der Waals surface area contributed by atoms with Crippen molar-refractivity contribution in [3.63, 3.8) is 0 Å². The van der Waals surface area contributed by atoms with Crippen molar-refractivity contribution in [3.05, 3.63) is 29.3 Å². The molecule has 0 unspecified atom stereocenters. The second-order valence-corrected chi connectivity index (χ2v) is 2.45. The van der Waals surface area contributed by atoms with Gasteiger partial charge in [-0.05, 0) is 25.5 Å². The van der Waals surface area contributed by atoms with E-state index in [0.29, 0.717) is 5.75 Å². The molecular formula is C9H9O2. The van der Waals surface area contributed by atoms with E-state index in [1.807, 2.05) is 26.0 Å². The Balaban J connectivity index is 2.98. The first-order chi connectivity index (χ1) is 5.24. The van der Waals surface area contributed by atoms with Gasteiger partial charge in [0.2, 0.25) is 0 Å². The molecule has 0 heterocycles. The van der Waals surface area contributed by atoms with E-state index in [1.54, 1.807) is 6.07 Å². The van der Waals surface area contributed by atoms with E-state index >= 15 is 0 Å². The average molecular weight is 149 g/mol. The number of benzene rings is 1. The molecule has 2 heteroatoms. The maximum atomic E-state index is 9.86. The van der Waals surface area contributed by atoms with Crippen LogP contribution in [0.1, 0.15) is 11.1 Å². The van der Waals surface area contributed by atoms with E-state index in [4.69, 9.17) is 0 Å². The Hall–Kier alpha value is -1.31. The standard InChI is InChI=1S/C9H9O2/c1-7-3-4-9(11-6-10)8(2)5-7/h3-5H,1-2H3. The summed E-state index contributed by atoms with van der Waals surface area (Å²) in [6, 6.07) is 5.60. The highest BCUT2D eigenvalue weighted by molar-refractivity contribution is 5.48. The zero-order valence-electron chi connectivity index (χ0n) is 6.55. The SMILES string of the molecule is Cc1ccc(O[C]=O)c(C)c1. The van der Waals surface area contributed by atoms with Gasteiger partial charge in [-0.25, -0.2) is 4.79 Å². The molecular weight excluding hydrogens is 140 g/mol. The van der Waals surface area contributed by atoms with E-state index in [0.717, 1.165) is 11.1 Å². The van der Waals surface area contributed by atoms with Gasteiger partial charge in [0.1, 0.15) is 5.75 Å². The normalized spacial score (nSPS) is 9.27. The molecule has 0 saturated heterocycles. The fraction of sp³-hybridized carbons (Fsp3) is 0.222. The molecule has 1 rings (SSSR count). The van der Waals surface area contributed by atoms with Gasteiger partial charge < -0.3 is 4.74 Å². The molecule has 0 aromatic heterocycles. The van der Waals surface area contributed by atoms with Gasteiger partial charge in [0, 0.05) is 0 Å². The number of carbonyl (C=O) groups excluding carboxylic acids is 1. The van der Waals surface area contributed by atoms with Crippen molar-refractivity contribution < 1.29 is 9.53 Å². The summed E-state index contributed by atoms with van der Waals surface area (Å²) in [5.41, 5.74) is 2.11. The van der Waals surface area contributed by atoms with Crippen LogP contribution in [0.2, 0.25) is 0 Å².